The van der Waals surface area contributed by atoms with Gasteiger partial charge in [-0.2, -0.15) is 0 Å². The minimum Gasteiger partial charge on any atom is -0.486 e. The van der Waals surface area contributed by atoms with Crippen LogP contribution in [0.2, 0.25) is 0 Å². The predicted octanol–water partition coefficient (Wildman–Crippen LogP) is 1.67. The Morgan fingerprint density at radius 1 is 1.13 bits per heavy atom. The third-order valence-corrected chi connectivity index (χ3v) is 6.99. The fourth-order valence-corrected chi connectivity index (χ4v) is 5.19. The van der Waals surface area contributed by atoms with Crippen molar-refractivity contribution in [3.63, 3.8) is 0 Å². The summed E-state index contributed by atoms with van der Waals surface area (Å²) in [4.78, 5) is 27.9. The largest absolute Gasteiger partial charge is 0.486 e. The molecule has 9 heteroatoms. The molecule has 0 unspecified atom stereocenters. The molecule has 2 aromatic heterocycles. The number of piperazine rings is 1. The van der Waals surface area contributed by atoms with Gasteiger partial charge in [-0.3, -0.25) is 4.79 Å². The summed E-state index contributed by atoms with van der Waals surface area (Å²) in [6.07, 6.45) is 0. The van der Waals surface area contributed by atoms with Gasteiger partial charge in [0.25, 0.3) is 5.91 Å². The Morgan fingerprint density at radius 2 is 1.87 bits per heavy atom. The summed E-state index contributed by atoms with van der Waals surface area (Å²) >= 11 is 1.42. The van der Waals surface area contributed by atoms with E-state index in [4.69, 9.17) is 14.5 Å². The molecule has 1 amide bonds. The van der Waals surface area contributed by atoms with E-state index in [0.717, 1.165) is 53.6 Å². The minimum atomic E-state index is -0.149. The molecule has 0 saturated carbocycles. The van der Waals surface area contributed by atoms with Crippen molar-refractivity contribution in [3.05, 3.63) is 34.5 Å². The molecule has 2 aliphatic rings. The van der Waals surface area contributed by atoms with Crippen LogP contribution in [0.5, 0.6) is 11.5 Å². The summed E-state index contributed by atoms with van der Waals surface area (Å²) in [5.74, 6) is 2.88. The lowest BCUT2D eigenvalue weighted by Crippen LogP contribution is -3.12. The fraction of sp³-hybridized carbons (Fsp3) is 0.409. The number of aromatic nitrogens is 2. The number of carbonyl (C=O) groups is 1. The Morgan fingerprint density at radius 3 is 2.65 bits per heavy atom. The number of hydrogen-bond acceptors (Lipinski definition) is 7. The van der Waals surface area contributed by atoms with Gasteiger partial charge in [-0.05, 0) is 31.5 Å². The number of aryl methyl sites for hydroxylation is 2. The van der Waals surface area contributed by atoms with Crippen LogP contribution in [0.1, 0.15) is 21.1 Å². The zero-order valence-corrected chi connectivity index (χ0v) is 18.8. The van der Waals surface area contributed by atoms with E-state index in [1.54, 1.807) is 6.07 Å². The topological polar surface area (TPSA) is 81.0 Å². The number of carbonyl (C=O) groups excluding carboxylic acids is 1. The van der Waals surface area contributed by atoms with Crippen LogP contribution in [0, 0.1) is 13.8 Å². The number of hydrogen-bond donors (Lipinski definition) is 2. The summed E-state index contributed by atoms with van der Waals surface area (Å²) in [6, 6.07) is 5.46. The molecule has 0 aliphatic carbocycles. The number of amides is 1. The minimum absolute atomic E-state index is 0.149. The van der Waals surface area contributed by atoms with Crippen molar-refractivity contribution < 1.29 is 19.2 Å². The van der Waals surface area contributed by atoms with E-state index in [2.05, 4.69) is 22.2 Å². The van der Waals surface area contributed by atoms with Gasteiger partial charge in [-0.1, -0.05) is 0 Å². The van der Waals surface area contributed by atoms with Gasteiger partial charge in [-0.25, -0.2) is 9.97 Å². The molecule has 5 rings (SSSR count). The number of benzene rings is 1. The first-order valence-corrected chi connectivity index (χ1v) is 11.4. The fourth-order valence-electron chi connectivity index (χ4n) is 4.08. The summed E-state index contributed by atoms with van der Waals surface area (Å²) < 4.78 is 11.2. The number of anilines is 2. The van der Waals surface area contributed by atoms with Gasteiger partial charge >= 0.3 is 0 Å². The quantitative estimate of drug-likeness (QED) is 0.645. The van der Waals surface area contributed by atoms with Gasteiger partial charge in [-0.15, -0.1) is 11.3 Å². The maximum Gasteiger partial charge on any atom is 0.266 e. The van der Waals surface area contributed by atoms with Crippen molar-refractivity contribution in [2.45, 2.75) is 13.8 Å². The van der Waals surface area contributed by atoms with Gasteiger partial charge in [0.15, 0.2) is 11.5 Å². The SMILES string of the molecule is Cc1nc(N2CC[NH+](C)CC2)c2c(C)c(C(=O)Nc3ccc4c(c3)OCCO4)sc2n1. The second-order valence-electron chi connectivity index (χ2n) is 8.09. The summed E-state index contributed by atoms with van der Waals surface area (Å²) in [5, 5.41) is 3.99. The highest BCUT2D eigenvalue weighted by molar-refractivity contribution is 7.20. The van der Waals surface area contributed by atoms with Crippen LogP contribution in [0.25, 0.3) is 10.2 Å². The first-order chi connectivity index (χ1) is 15.0. The van der Waals surface area contributed by atoms with Crippen LogP contribution in [-0.2, 0) is 0 Å². The summed E-state index contributed by atoms with van der Waals surface area (Å²) in [5.41, 5.74) is 1.60. The maximum atomic E-state index is 13.2. The van der Waals surface area contributed by atoms with Gasteiger partial charge < -0.3 is 24.6 Å². The van der Waals surface area contributed by atoms with E-state index in [-0.39, 0.29) is 5.91 Å². The maximum absolute atomic E-state index is 13.2. The number of nitrogens with zero attached hydrogens (tertiary/aromatic N) is 3. The number of fused-ring (bicyclic) bond motifs is 2. The molecule has 162 valence electrons. The number of rotatable bonds is 3. The molecule has 0 atom stereocenters. The smallest absolute Gasteiger partial charge is 0.266 e. The van der Waals surface area contributed by atoms with Crippen molar-refractivity contribution >= 4 is 39.0 Å². The van der Waals surface area contributed by atoms with Gasteiger partial charge in [0, 0.05) is 11.8 Å². The van der Waals surface area contributed by atoms with Crippen molar-refractivity contribution in [3.8, 4) is 11.5 Å². The monoisotopic (exact) mass is 440 g/mol. The number of nitrogens with one attached hydrogen (secondary N) is 2. The molecule has 1 fully saturated rings. The third kappa shape index (κ3) is 3.79. The molecule has 31 heavy (non-hydrogen) atoms. The molecular formula is C22H26N5O3S+. The molecule has 0 spiro atoms. The number of likely N-dealkylation sites (N-methyl/N-ethyl adjacent to an activating group) is 1. The van der Waals surface area contributed by atoms with Crippen LogP contribution in [0.4, 0.5) is 11.5 Å². The second-order valence-corrected chi connectivity index (χ2v) is 9.09. The Kier molecular flexibility index (Phi) is 5.15. The van der Waals surface area contributed by atoms with Crippen LogP contribution < -0.4 is 24.6 Å². The lowest BCUT2D eigenvalue weighted by molar-refractivity contribution is -0.880. The van der Waals surface area contributed by atoms with Crippen LogP contribution in [0.15, 0.2) is 18.2 Å². The Hall–Kier alpha value is -2.91. The zero-order chi connectivity index (χ0) is 21.5. The van der Waals surface area contributed by atoms with Gasteiger partial charge in [0.2, 0.25) is 0 Å². The summed E-state index contributed by atoms with van der Waals surface area (Å²) in [7, 11) is 2.22. The van der Waals surface area contributed by atoms with E-state index in [1.165, 1.54) is 16.2 Å². The number of thiophene rings is 1. The lowest BCUT2D eigenvalue weighted by Gasteiger charge is -2.31. The highest BCUT2D eigenvalue weighted by atomic mass is 32.1. The van der Waals surface area contributed by atoms with Gasteiger partial charge in [0.1, 0.15) is 29.7 Å². The molecule has 1 aromatic carbocycles. The highest BCUT2D eigenvalue weighted by Crippen LogP contribution is 2.37. The van der Waals surface area contributed by atoms with E-state index in [1.807, 2.05) is 26.0 Å². The summed E-state index contributed by atoms with van der Waals surface area (Å²) in [6.45, 7) is 8.99. The highest BCUT2D eigenvalue weighted by Gasteiger charge is 2.25. The average Bonchev–Trinajstić information content (AvgIpc) is 3.10. The zero-order valence-electron chi connectivity index (χ0n) is 17.9. The van der Waals surface area contributed by atoms with Crippen LogP contribution in [-0.4, -0.2) is 62.3 Å². The normalized spacial score (nSPS) is 16.5. The Bertz CT molecular complexity index is 1150. The standard InChI is InChI=1S/C22H25N5O3S/c1-13-18-20(27-8-6-26(3)7-9-27)23-14(2)24-22(18)31-19(13)21(28)25-15-4-5-16-17(12-15)30-11-10-29-16/h4-5,12H,6-11H2,1-3H3,(H,25,28)/p+1. The average molecular weight is 441 g/mol. The molecule has 4 heterocycles. The van der Waals surface area contributed by atoms with Crippen molar-refractivity contribution in [1.29, 1.82) is 0 Å². The molecule has 0 radical (unpaired) electrons. The molecule has 8 nitrogen and oxygen atoms in total. The number of ether oxygens (including phenoxy) is 2. The molecule has 1 saturated heterocycles. The molecule has 2 N–H and O–H groups in total. The van der Waals surface area contributed by atoms with Crippen LogP contribution >= 0.6 is 11.3 Å². The number of quaternary nitrogens is 1. The van der Waals surface area contributed by atoms with E-state index >= 15 is 0 Å². The predicted molar refractivity (Wildman–Crippen MR) is 121 cm³/mol. The molecule has 3 aromatic rings. The molecular weight excluding hydrogens is 414 g/mol. The molecule has 0 bridgehead atoms. The van der Waals surface area contributed by atoms with E-state index in [0.29, 0.717) is 35.3 Å². The first kappa shape index (κ1) is 20.0. The van der Waals surface area contributed by atoms with Gasteiger partial charge in [0.05, 0.1) is 43.5 Å². The van der Waals surface area contributed by atoms with Crippen molar-refractivity contribution in [1.82, 2.24) is 9.97 Å². The van der Waals surface area contributed by atoms with Crippen molar-refractivity contribution in [2.75, 3.05) is 56.7 Å². The Labute approximate surface area is 184 Å². The van der Waals surface area contributed by atoms with Crippen LogP contribution in [0.3, 0.4) is 0 Å². The first-order valence-electron chi connectivity index (χ1n) is 10.5. The second kappa shape index (κ2) is 7.97. The lowest BCUT2D eigenvalue weighted by atomic mass is 10.1. The van der Waals surface area contributed by atoms with E-state index in [9.17, 15) is 4.79 Å². The Balaban J connectivity index is 1.47. The van der Waals surface area contributed by atoms with Crippen molar-refractivity contribution in [2.24, 2.45) is 0 Å². The van der Waals surface area contributed by atoms with E-state index < -0.39 is 0 Å². The third-order valence-electron chi connectivity index (χ3n) is 5.81. The molecule has 2 aliphatic heterocycles.